The second-order valence-electron chi connectivity index (χ2n) is 4.71. The minimum Gasteiger partial charge on any atom is -0.355 e. The van der Waals surface area contributed by atoms with Crippen molar-refractivity contribution >= 4 is 21.7 Å². The average molecular weight is 330 g/mol. The van der Waals surface area contributed by atoms with E-state index in [4.69, 9.17) is 0 Å². The number of carbonyl (C=O) groups is 2. The third-order valence-electron chi connectivity index (χ3n) is 2.89. The lowest BCUT2D eigenvalue weighted by molar-refractivity contribution is -0.128. The second kappa shape index (κ2) is 7.88. The standard InChI is InChI=1S/C14H19FN2O4S/c1-3-16-14(19)10(2)17-13(18)8-9-22(20,21)12-6-4-11(15)5-7-12/h4-7,10H,3,8-9H2,1-2H3,(H,16,19)(H,17,18)/t10-/m1/s1. The van der Waals surface area contributed by atoms with Gasteiger partial charge in [0, 0.05) is 13.0 Å². The van der Waals surface area contributed by atoms with Crippen LogP contribution in [0.15, 0.2) is 29.2 Å². The molecule has 0 radical (unpaired) electrons. The van der Waals surface area contributed by atoms with E-state index >= 15 is 0 Å². The second-order valence-corrected chi connectivity index (χ2v) is 6.82. The SMILES string of the molecule is CCNC(=O)[C@@H](C)NC(=O)CCS(=O)(=O)c1ccc(F)cc1. The van der Waals surface area contributed by atoms with Crippen molar-refractivity contribution in [1.29, 1.82) is 0 Å². The third-order valence-corrected chi connectivity index (χ3v) is 4.62. The Morgan fingerprint density at radius 1 is 1.23 bits per heavy atom. The summed E-state index contributed by atoms with van der Waals surface area (Å²) in [5.41, 5.74) is 0. The van der Waals surface area contributed by atoms with E-state index in [-0.39, 0.29) is 17.2 Å². The zero-order valence-electron chi connectivity index (χ0n) is 12.4. The first kappa shape index (κ1) is 18.1. The van der Waals surface area contributed by atoms with Crippen molar-refractivity contribution in [2.45, 2.75) is 31.2 Å². The van der Waals surface area contributed by atoms with Gasteiger partial charge in [-0.15, -0.1) is 0 Å². The van der Waals surface area contributed by atoms with Crippen molar-refractivity contribution in [2.24, 2.45) is 0 Å². The summed E-state index contributed by atoms with van der Waals surface area (Å²) < 4.78 is 36.8. The van der Waals surface area contributed by atoms with Gasteiger partial charge in [-0.2, -0.15) is 0 Å². The van der Waals surface area contributed by atoms with E-state index in [9.17, 15) is 22.4 Å². The van der Waals surface area contributed by atoms with E-state index in [1.807, 2.05) is 0 Å². The van der Waals surface area contributed by atoms with Crippen LogP contribution in [0.5, 0.6) is 0 Å². The van der Waals surface area contributed by atoms with Crippen molar-refractivity contribution in [1.82, 2.24) is 10.6 Å². The van der Waals surface area contributed by atoms with Gasteiger partial charge in [0.2, 0.25) is 11.8 Å². The predicted octanol–water partition coefficient (Wildman–Crippen LogP) is 0.630. The molecule has 1 aromatic rings. The number of benzene rings is 1. The number of hydrogen-bond acceptors (Lipinski definition) is 4. The number of nitrogens with one attached hydrogen (secondary N) is 2. The van der Waals surface area contributed by atoms with Gasteiger partial charge in [-0.05, 0) is 38.1 Å². The van der Waals surface area contributed by atoms with Crippen LogP contribution in [0.25, 0.3) is 0 Å². The fourth-order valence-corrected chi connectivity index (χ4v) is 2.93. The predicted molar refractivity (Wildman–Crippen MR) is 79.4 cm³/mol. The number of likely N-dealkylation sites (N-methyl/N-ethyl adjacent to an activating group) is 1. The van der Waals surface area contributed by atoms with E-state index in [2.05, 4.69) is 10.6 Å². The minimum absolute atomic E-state index is 0.0431. The van der Waals surface area contributed by atoms with E-state index in [0.29, 0.717) is 6.54 Å². The molecule has 0 saturated heterocycles. The van der Waals surface area contributed by atoms with Crippen LogP contribution in [0.1, 0.15) is 20.3 Å². The summed E-state index contributed by atoms with van der Waals surface area (Å²) >= 11 is 0. The Labute approximate surface area is 129 Å². The zero-order chi connectivity index (χ0) is 16.8. The van der Waals surface area contributed by atoms with Crippen LogP contribution in [0.2, 0.25) is 0 Å². The number of amides is 2. The van der Waals surface area contributed by atoms with Gasteiger partial charge < -0.3 is 10.6 Å². The first-order valence-electron chi connectivity index (χ1n) is 6.81. The maximum atomic E-state index is 12.8. The molecule has 0 saturated carbocycles. The molecule has 1 atom stereocenters. The minimum atomic E-state index is -3.67. The molecule has 0 aromatic heterocycles. The summed E-state index contributed by atoms with van der Waals surface area (Å²) in [6.45, 7) is 3.71. The summed E-state index contributed by atoms with van der Waals surface area (Å²) in [4.78, 5) is 23.1. The lowest BCUT2D eigenvalue weighted by atomic mass is 10.3. The summed E-state index contributed by atoms with van der Waals surface area (Å²) in [6, 6.07) is 3.66. The number of hydrogen-bond donors (Lipinski definition) is 2. The normalized spacial score (nSPS) is 12.5. The van der Waals surface area contributed by atoms with Crippen molar-refractivity contribution in [3.8, 4) is 0 Å². The van der Waals surface area contributed by atoms with Gasteiger partial charge in [-0.25, -0.2) is 12.8 Å². The van der Waals surface area contributed by atoms with Crippen molar-refractivity contribution < 1.29 is 22.4 Å². The van der Waals surface area contributed by atoms with Crippen LogP contribution < -0.4 is 10.6 Å². The molecule has 2 N–H and O–H groups in total. The topological polar surface area (TPSA) is 92.3 Å². The van der Waals surface area contributed by atoms with E-state index in [1.165, 1.54) is 6.92 Å². The average Bonchev–Trinajstić information content (AvgIpc) is 2.46. The van der Waals surface area contributed by atoms with Gasteiger partial charge in [-0.3, -0.25) is 9.59 Å². The highest BCUT2D eigenvalue weighted by atomic mass is 32.2. The molecule has 22 heavy (non-hydrogen) atoms. The molecule has 0 aliphatic rings. The summed E-state index contributed by atoms with van der Waals surface area (Å²) in [5, 5.41) is 4.97. The fraction of sp³-hybridized carbons (Fsp3) is 0.429. The molecule has 6 nitrogen and oxygen atoms in total. The highest BCUT2D eigenvalue weighted by molar-refractivity contribution is 7.91. The number of rotatable bonds is 7. The lowest BCUT2D eigenvalue weighted by Gasteiger charge is -2.13. The van der Waals surface area contributed by atoms with Crippen molar-refractivity contribution in [3.63, 3.8) is 0 Å². The van der Waals surface area contributed by atoms with Crippen LogP contribution in [-0.2, 0) is 19.4 Å². The van der Waals surface area contributed by atoms with Crippen LogP contribution in [0.3, 0.4) is 0 Å². The highest BCUT2D eigenvalue weighted by Gasteiger charge is 2.19. The van der Waals surface area contributed by atoms with Gasteiger partial charge >= 0.3 is 0 Å². The largest absolute Gasteiger partial charge is 0.355 e. The van der Waals surface area contributed by atoms with Crippen LogP contribution in [0.4, 0.5) is 4.39 Å². The van der Waals surface area contributed by atoms with E-state index in [0.717, 1.165) is 24.3 Å². The van der Waals surface area contributed by atoms with E-state index in [1.54, 1.807) is 6.92 Å². The number of carbonyl (C=O) groups excluding carboxylic acids is 2. The zero-order valence-corrected chi connectivity index (χ0v) is 13.2. The maximum Gasteiger partial charge on any atom is 0.242 e. The molecule has 2 amide bonds. The molecule has 0 bridgehead atoms. The van der Waals surface area contributed by atoms with Gasteiger partial charge in [0.25, 0.3) is 0 Å². The first-order valence-corrected chi connectivity index (χ1v) is 8.47. The quantitative estimate of drug-likeness (QED) is 0.717. The summed E-state index contributed by atoms with van der Waals surface area (Å²) in [6.07, 6.45) is -0.274. The molecule has 1 aromatic carbocycles. The van der Waals surface area contributed by atoms with Crippen molar-refractivity contribution in [3.05, 3.63) is 30.1 Å². The van der Waals surface area contributed by atoms with Gasteiger partial charge in [0.1, 0.15) is 11.9 Å². The molecule has 0 fully saturated rings. The van der Waals surface area contributed by atoms with Crippen LogP contribution >= 0.6 is 0 Å². The molecular formula is C14H19FN2O4S. The Kier molecular flexibility index (Phi) is 6.48. The molecule has 8 heteroatoms. The molecule has 0 aliphatic carbocycles. The van der Waals surface area contributed by atoms with E-state index < -0.39 is 33.4 Å². The Morgan fingerprint density at radius 2 is 1.82 bits per heavy atom. The molecule has 0 spiro atoms. The van der Waals surface area contributed by atoms with Gasteiger partial charge in [0.05, 0.1) is 10.6 Å². The van der Waals surface area contributed by atoms with Crippen molar-refractivity contribution in [2.75, 3.05) is 12.3 Å². The molecule has 0 aliphatic heterocycles. The molecule has 0 unspecified atom stereocenters. The van der Waals surface area contributed by atoms with Gasteiger partial charge in [0.15, 0.2) is 9.84 Å². The van der Waals surface area contributed by atoms with Crippen LogP contribution in [-0.4, -0.2) is 38.6 Å². The highest BCUT2D eigenvalue weighted by Crippen LogP contribution is 2.12. The molecular weight excluding hydrogens is 311 g/mol. The molecule has 0 heterocycles. The molecule has 122 valence electrons. The summed E-state index contributed by atoms with van der Waals surface area (Å²) in [5.74, 6) is -1.82. The monoisotopic (exact) mass is 330 g/mol. The first-order chi connectivity index (χ1) is 10.3. The number of sulfone groups is 1. The maximum absolute atomic E-state index is 12.8. The Morgan fingerprint density at radius 3 is 2.36 bits per heavy atom. The Hall–Kier alpha value is -1.96. The fourth-order valence-electron chi connectivity index (χ4n) is 1.69. The van der Waals surface area contributed by atoms with Crippen LogP contribution in [0, 0.1) is 5.82 Å². The van der Waals surface area contributed by atoms with Gasteiger partial charge in [-0.1, -0.05) is 0 Å². The smallest absolute Gasteiger partial charge is 0.242 e. The number of halogens is 1. The Balaban J connectivity index is 2.56. The Bertz CT molecular complexity index is 629. The lowest BCUT2D eigenvalue weighted by Crippen LogP contribution is -2.45. The molecule has 1 rings (SSSR count). The summed E-state index contributed by atoms with van der Waals surface area (Å²) in [7, 11) is -3.67. The third kappa shape index (κ3) is 5.44.